The molecule has 0 aliphatic heterocycles. The lowest BCUT2D eigenvalue weighted by molar-refractivity contribution is -0.116. The van der Waals surface area contributed by atoms with Crippen molar-refractivity contribution in [2.45, 2.75) is 19.8 Å². The third kappa shape index (κ3) is 3.89. The molecule has 4 nitrogen and oxygen atoms in total. The van der Waals surface area contributed by atoms with Crippen LogP contribution in [0.15, 0.2) is 42.5 Å². The minimum atomic E-state index is -0.376. The van der Waals surface area contributed by atoms with Gasteiger partial charge in [-0.3, -0.25) is 4.79 Å². The Morgan fingerprint density at radius 2 is 2.04 bits per heavy atom. The number of anilines is 1. The lowest BCUT2D eigenvalue weighted by Gasteiger charge is -2.05. The summed E-state index contributed by atoms with van der Waals surface area (Å²) in [5.74, 6) is 0.309. The molecule has 0 saturated heterocycles. The van der Waals surface area contributed by atoms with Crippen LogP contribution in [-0.2, 0) is 11.2 Å². The Hall–Kier alpha value is -2.47. The molecule has 0 aliphatic carbocycles. The fraction of sp³-hybridized carbons (Fsp3) is 0.222. The van der Waals surface area contributed by atoms with Crippen molar-refractivity contribution in [1.29, 1.82) is 0 Å². The Morgan fingerprint density at radius 1 is 1.25 bits per heavy atom. The van der Waals surface area contributed by atoms with Crippen LogP contribution in [0.5, 0.6) is 5.75 Å². The van der Waals surface area contributed by atoms with Crippen LogP contribution >= 0.6 is 11.3 Å². The van der Waals surface area contributed by atoms with Gasteiger partial charge in [0.05, 0.1) is 11.3 Å². The van der Waals surface area contributed by atoms with Gasteiger partial charge < -0.3 is 10.1 Å². The van der Waals surface area contributed by atoms with Gasteiger partial charge in [-0.15, -0.1) is 0 Å². The molecule has 0 fully saturated rings. The fourth-order valence-electron chi connectivity index (χ4n) is 2.33. The number of carbonyl (C=O) groups excluding carboxylic acids is 1. The predicted molar refractivity (Wildman–Crippen MR) is 94.1 cm³/mol. The van der Waals surface area contributed by atoms with E-state index in [9.17, 15) is 9.18 Å². The standard InChI is InChI=1S/C18H17FN2O2S/c1-2-23-13-9-6-12(7-10-13)8-11-16(22)20-18-21-17-14(19)4-3-5-15(17)24-18/h3-7,9-10H,2,8,11H2,1H3,(H,20,21,22). The number of carbonyl (C=O) groups is 1. The quantitative estimate of drug-likeness (QED) is 0.721. The summed E-state index contributed by atoms with van der Waals surface area (Å²) in [7, 11) is 0. The molecule has 0 saturated carbocycles. The normalized spacial score (nSPS) is 10.8. The average molecular weight is 344 g/mol. The number of thiazole rings is 1. The van der Waals surface area contributed by atoms with E-state index in [0.29, 0.717) is 30.1 Å². The lowest BCUT2D eigenvalue weighted by atomic mass is 10.1. The number of benzene rings is 2. The topological polar surface area (TPSA) is 51.2 Å². The van der Waals surface area contributed by atoms with Crippen molar-refractivity contribution in [2.24, 2.45) is 0 Å². The Balaban J connectivity index is 1.57. The van der Waals surface area contributed by atoms with Crippen molar-refractivity contribution in [3.8, 4) is 5.75 Å². The molecule has 0 aliphatic rings. The molecule has 0 radical (unpaired) electrons. The van der Waals surface area contributed by atoms with Crippen LogP contribution in [0.25, 0.3) is 10.2 Å². The van der Waals surface area contributed by atoms with Gasteiger partial charge in [0.1, 0.15) is 17.1 Å². The highest BCUT2D eigenvalue weighted by atomic mass is 32.1. The predicted octanol–water partition coefficient (Wildman–Crippen LogP) is 4.41. The van der Waals surface area contributed by atoms with Crippen molar-refractivity contribution in [1.82, 2.24) is 4.98 Å². The van der Waals surface area contributed by atoms with Crippen LogP contribution in [0.2, 0.25) is 0 Å². The number of nitrogens with one attached hydrogen (secondary N) is 1. The number of hydrogen-bond acceptors (Lipinski definition) is 4. The minimum Gasteiger partial charge on any atom is -0.494 e. The van der Waals surface area contributed by atoms with Crippen LogP contribution in [0.1, 0.15) is 18.9 Å². The zero-order valence-corrected chi connectivity index (χ0v) is 14.0. The summed E-state index contributed by atoms with van der Waals surface area (Å²) in [6.45, 7) is 2.57. The summed E-state index contributed by atoms with van der Waals surface area (Å²) in [5, 5.41) is 3.16. The van der Waals surface area contributed by atoms with Gasteiger partial charge in [0.25, 0.3) is 0 Å². The molecule has 1 aromatic heterocycles. The molecule has 24 heavy (non-hydrogen) atoms. The number of fused-ring (bicyclic) bond motifs is 1. The van der Waals surface area contributed by atoms with Crippen molar-refractivity contribution in [3.63, 3.8) is 0 Å². The van der Waals surface area contributed by atoms with Gasteiger partial charge in [0.2, 0.25) is 5.91 Å². The number of nitrogens with zero attached hydrogens (tertiary/aromatic N) is 1. The zero-order valence-electron chi connectivity index (χ0n) is 13.2. The summed E-state index contributed by atoms with van der Waals surface area (Å²) in [6, 6.07) is 12.5. The maximum Gasteiger partial charge on any atom is 0.226 e. The summed E-state index contributed by atoms with van der Waals surface area (Å²) < 4.78 is 19.7. The van der Waals surface area contributed by atoms with Gasteiger partial charge in [-0.1, -0.05) is 29.5 Å². The number of aromatic nitrogens is 1. The molecule has 3 rings (SSSR count). The lowest BCUT2D eigenvalue weighted by Crippen LogP contribution is -2.12. The summed E-state index contributed by atoms with van der Waals surface area (Å²) in [4.78, 5) is 16.2. The third-order valence-corrected chi connectivity index (χ3v) is 4.43. The number of amides is 1. The number of halogens is 1. The van der Waals surface area contributed by atoms with Crippen LogP contribution in [-0.4, -0.2) is 17.5 Å². The summed E-state index contributed by atoms with van der Waals surface area (Å²) in [5.41, 5.74) is 1.35. The number of hydrogen-bond donors (Lipinski definition) is 1. The van der Waals surface area contributed by atoms with E-state index in [4.69, 9.17) is 4.74 Å². The van der Waals surface area contributed by atoms with E-state index in [2.05, 4.69) is 10.3 Å². The Kier molecular flexibility index (Phi) is 5.05. The van der Waals surface area contributed by atoms with Crippen LogP contribution in [0.4, 0.5) is 9.52 Å². The number of aryl methyl sites for hydroxylation is 1. The third-order valence-electron chi connectivity index (χ3n) is 3.49. The van der Waals surface area contributed by atoms with Gasteiger partial charge in [0, 0.05) is 6.42 Å². The van der Waals surface area contributed by atoms with Crippen LogP contribution < -0.4 is 10.1 Å². The first-order valence-electron chi connectivity index (χ1n) is 7.72. The zero-order chi connectivity index (χ0) is 16.9. The molecule has 1 amide bonds. The first kappa shape index (κ1) is 16.4. The van der Waals surface area contributed by atoms with E-state index in [1.807, 2.05) is 31.2 Å². The van der Waals surface area contributed by atoms with Gasteiger partial charge in [-0.25, -0.2) is 9.37 Å². The van der Waals surface area contributed by atoms with Crippen molar-refractivity contribution in [3.05, 3.63) is 53.8 Å². The second-order valence-corrected chi connectivity index (χ2v) is 6.26. The largest absolute Gasteiger partial charge is 0.494 e. The Bertz CT molecular complexity index is 846. The second kappa shape index (κ2) is 7.40. The molecule has 1 heterocycles. The Morgan fingerprint density at radius 3 is 2.75 bits per heavy atom. The maximum absolute atomic E-state index is 13.6. The molecule has 0 bridgehead atoms. The number of ether oxygens (including phenoxy) is 1. The number of rotatable bonds is 6. The van der Waals surface area contributed by atoms with Crippen molar-refractivity contribution in [2.75, 3.05) is 11.9 Å². The van der Waals surface area contributed by atoms with Gasteiger partial charge in [0.15, 0.2) is 5.13 Å². The van der Waals surface area contributed by atoms with E-state index in [1.165, 1.54) is 17.4 Å². The molecular formula is C18H17FN2O2S. The van der Waals surface area contributed by atoms with Crippen molar-refractivity contribution >= 4 is 32.6 Å². The maximum atomic E-state index is 13.6. The van der Waals surface area contributed by atoms with Gasteiger partial charge in [-0.05, 0) is 43.2 Å². The number of para-hydroxylation sites is 1. The van der Waals surface area contributed by atoms with E-state index < -0.39 is 0 Å². The fourth-order valence-corrected chi connectivity index (χ4v) is 3.22. The van der Waals surface area contributed by atoms with Crippen LogP contribution in [0.3, 0.4) is 0 Å². The van der Waals surface area contributed by atoms with Crippen LogP contribution in [0, 0.1) is 5.82 Å². The minimum absolute atomic E-state index is 0.136. The smallest absolute Gasteiger partial charge is 0.226 e. The van der Waals surface area contributed by atoms with Crippen molar-refractivity contribution < 1.29 is 13.9 Å². The molecule has 0 atom stereocenters. The highest BCUT2D eigenvalue weighted by Crippen LogP contribution is 2.27. The average Bonchev–Trinajstić information content (AvgIpc) is 2.98. The highest BCUT2D eigenvalue weighted by molar-refractivity contribution is 7.22. The molecular weight excluding hydrogens is 327 g/mol. The Labute approximate surface area is 143 Å². The van der Waals surface area contributed by atoms with E-state index in [1.54, 1.807) is 12.1 Å². The molecule has 6 heteroatoms. The molecule has 1 N–H and O–H groups in total. The molecule has 2 aromatic carbocycles. The van der Waals surface area contributed by atoms with E-state index in [0.717, 1.165) is 16.0 Å². The van der Waals surface area contributed by atoms with Gasteiger partial charge in [-0.2, -0.15) is 0 Å². The molecule has 3 aromatic rings. The van der Waals surface area contributed by atoms with E-state index in [-0.39, 0.29) is 11.7 Å². The second-order valence-electron chi connectivity index (χ2n) is 5.23. The first-order valence-corrected chi connectivity index (χ1v) is 8.54. The molecule has 0 unspecified atom stereocenters. The summed E-state index contributed by atoms with van der Waals surface area (Å²) in [6.07, 6.45) is 0.962. The first-order chi connectivity index (χ1) is 11.7. The van der Waals surface area contributed by atoms with Gasteiger partial charge >= 0.3 is 0 Å². The highest BCUT2D eigenvalue weighted by Gasteiger charge is 2.10. The molecule has 124 valence electrons. The summed E-state index contributed by atoms with van der Waals surface area (Å²) >= 11 is 1.27. The molecule has 0 spiro atoms. The van der Waals surface area contributed by atoms with E-state index >= 15 is 0 Å². The SMILES string of the molecule is CCOc1ccc(CCC(=O)Nc2nc3c(F)cccc3s2)cc1. The monoisotopic (exact) mass is 344 g/mol.